The van der Waals surface area contributed by atoms with Crippen molar-refractivity contribution in [3.63, 3.8) is 0 Å². The summed E-state index contributed by atoms with van der Waals surface area (Å²) in [5.41, 5.74) is 0.980. The minimum atomic E-state index is 0.266. The van der Waals surface area contributed by atoms with Crippen LogP contribution in [0.25, 0.3) is 0 Å². The number of carbonyl (C=O) groups is 1. The van der Waals surface area contributed by atoms with Crippen molar-refractivity contribution in [3.05, 3.63) is 10.6 Å². The molecular weight excluding hydrogens is 276 g/mol. The van der Waals surface area contributed by atoms with Crippen LogP contribution in [-0.2, 0) is 0 Å². The SMILES string of the molecule is CCC(C)c1nc(N2CCSC(C)(C)C2)sc1C=O. The number of rotatable bonds is 4. The molecule has 0 radical (unpaired) electrons. The van der Waals surface area contributed by atoms with Gasteiger partial charge in [0, 0.05) is 23.6 Å². The van der Waals surface area contributed by atoms with Gasteiger partial charge in [0.1, 0.15) is 0 Å². The molecule has 1 fully saturated rings. The lowest BCUT2D eigenvalue weighted by molar-refractivity contribution is 0.112. The van der Waals surface area contributed by atoms with Crippen molar-refractivity contribution in [2.45, 2.75) is 44.8 Å². The summed E-state index contributed by atoms with van der Waals surface area (Å²) < 4.78 is 0.266. The standard InChI is InChI=1S/C14H22N2OS2/c1-5-10(2)12-11(8-17)19-13(15-12)16-6-7-18-14(3,4)9-16/h8,10H,5-7,9H2,1-4H3. The van der Waals surface area contributed by atoms with Gasteiger partial charge in [0.15, 0.2) is 11.4 Å². The van der Waals surface area contributed by atoms with E-state index < -0.39 is 0 Å². The Morgan fingerprint density at radius 1 is 1.53 bits per heavy atom. The molecule has 0 aromatic carbocycles. The van der Waals surface area contributed by atoms with Crippen LogP contribution in [0.4, 0.5) is 5.13 Å². The van der Waals surface area contributed by atoms with Gasteiger partial charge in [-0.25, -0.2) is 4.98 Å². The van der Waals surface area contributed by atoms with Crippen LogP contribution < -0.4 is 4.90 Å². The molecule has 5 heteroatoms. The van der Waals surface area contributed by atoms with E-state index in [0.29, 0.717) is 5.92 Å². The first-order valence-electron chi connectivity index (χ1n) is 6.81. The van der Waals surface area contributed by atoms with Gasteiger partial charge in [0.2, 0.25) is 0 Å². The minimum absolute atomic E-state index is 0.266. The van der Waals surface area contributed by atoms with Crippen LogP contribution in [0.1, 0.15) is 55.4 Å². The third-order valence-electron chi connectivity index (χ3n) is 3.55. The van der Waals surface area contributed by atoms with Crippen molar-refractivity contribution >= 4 is 34.5 Å². The third kappa shape index (κ3) is 3.31. The summed E-state index contributed by atoms with van der Waals surface area (Å²) in [6, 6.07) is 0. The molecule has 1 saturated heterocycles. The maximum atomic E-state index is 11.2. The largest absolute Gasteiger partial charge is 0.346 e. The molecule has 1 aliphatic heterocycles. The van der Waals surface area contributed by atoms with Crippen molar-refractivity contribution in [2.24, 2.45) is 0 Å². The predicted octanol–water partition coefficient (Wildman–Crippen LogP) is 3.80. The number of thiazole rings is 1. The molecule has 0 aliphatic carbocycles. The van der Waals surface area contributed by atoms with Crippen LogP contribution in [-0.4, -0.2) is 34.9 Å². The average Bonchev–Trinajstić information content (AvgIpc) is 2.80. The van der Waals surface area contributed by atoms with Gasteiger partial charge < -0.3 is 4.90 Å². The van der Waals surface area contributed by atoms with Crippen LogP contribution in [0.15, 0.2) is 0 Å². The van der Waals surface area contributed by atoms with Crippen LogP contribution in [0.3, 0.4) is 0 Å². The molecule has 0 bridgehead atoms. The first kappa shape index (κ1) is 14.9. The Morgan fingerprint density at radius 2 is 2.26 bits per heavy atom. The second-order valence-corrected chi connectivity index (χ2v) is 8.51. The molecule has 0 spiro atoms. The fourth-order valence-corrected chi connectivity index (χ4v) is 4.41. The van der Waals surface area contributed by atoms with E-state index in [9.17, 15) is 4.79 Å². The summed E-state index contributed by atoms with van der Waals surface area (Å²) in [5, 5.41) is 1.02. The fourth-order valence-electron chi connectivity index (χ4n) is 2.28. The highest BCUT2D eigenvalue weighted by Gasteiger charge is 2.29. The van der Waals surface area contributed by atoms with Crippen molar-refractivity contribution in [2.75, 3.05) is 23.7 Å². The highest BCUT2D eigenvalue weighted by Crippen LogP contribution is 2.36. The van der Waals surface area contributed by atoms with Crippen molar-refractivity contribution in [1.82, 2.24) is 4.98 Å². The normalized spacial score (nSPS) is 20.3. The summed E-state index contributed by atoms with van der Waals surface area (Å²) in [6.45, 7) is 10.9. The number of nitrogens with zero attached hydrogens (tertiary/aromatic N) is 2. The van der Waals surface area contributed by atoms with Gasteiger partial charge in [0.05, 0.1) is 10.6 Å². The Kier molecular flexibility index (Phi) is 4.56. The Balaban J connectivity index is 2.25. The Hall–Kier alpha value is -0.550. The molecular formula is C14H22N2OS2. The van der Waals surface area contributed by atoms with E-state index in [1.807, 2.05) is 11.8 Å². The van der Waals surface area contributed by atoms with Gasteiger partial charge in [-0.1, -0.05) is 25.2 Å². The van der Waals surface area contributed by atoms with E-state index in [0.717, 1.165) is 47.3 Å². The lowest BCUT2D eigenvalue weighted by atomic mass is 10.0. The van der Waals surface area contributed by atoms with Crippen LogP contribution in [0.2, 0.25) is 0 Å². The van der Waals surface area contributed by atoms with E-state index in [1.165, 1.54) is 0 Å². The number of hydrogen-bond acceptors (Lipinski definition) is 5. The lowest BCUT2D eigenvalue weighted by Gasteiger charge is -2.37. The molecule has 3 nitrogen and oxygen atoms in total. The molecule has 1 atom stereocenters. The van der Waals surface area contributed by atoms with E-state index in [1.54, 1.807) is 11.3 Å². The second kappa shape index (κ2) is 5.83. The zero-order chi connectivity index (χ0) is 14.0. The van der Waals surface area contributed by atoms with Gasteiger partial charge in [-0.2, -0.15) is 11.8 Å². The quantitative estimate of drug-likeness (QED) is 0.792. The van der Waals surface area contributed by atoms with Crippen molar-refractivity contribution in [1.29, 1.82) is 0 Å². The van der Waals surface area contributed by atoms with Crippen LogP contribution in [0.5, 0.6) is 0 Å². The molecule has 106 valence electrons. The molecule has 1 aliphatic rings. The summed E-state index contributed by atoms with van der Waals surface area (Å²) >= 11 is 3.56. The van der Waals surface area contributed by atoms with Gasteiger partial charge in [-0.05, 0) is 26.2 Å². The molecule has 1 unspecified atom stereocenters. The van der Waals surface area contributed by atoms with E-state index in [-0.39, 0.29) is 4.75 Å². The lowest BCUT2D eigenvalue weighted by Crippen LogP contribution is -2.43. The van der Waals surface area contributed by atoms with Gasteiger partial charge in [-0.15, -0.1) is 0 Å². The number of aldehydes is 1. The molecule has 0 N–H and O–H groups in total. The first-order chi connectivity index (χ1) is 8.96. The van der Waals surface area contributed by atoms with E-state index in [2.05, 4.69) is 32.6 Å². The van der Waals surface area contributed by atoms with E-state index >= 15 is 0 Å². The summed E-state index contributed by atoms with van der Waals surface area (Å²) in [7, 11) is 0. The average molecular weight is 298 g/mol. The topological polar surface area (TPSA) is 33.2 Å². The number of aromatic nitrogens is 1. The number of thioether (sulfide) groups is 1. The number of anilines is 1. The Morgan fingerprint density at radius 3 is 2.84 bits per heavy atom. The highest BCUT2D eigenvalue weighted by molar-refractivity contribution is 8.00. The molecule has 1 aromatic heterocycles. The third-order valence-corrected chi connectivity index (χ3v) is 5.91. The maximum absolute atomic E-state index is 11.2. The molecule has 2 rings (SSSR count). The monoisotopic (exact) mass is 298 g/mol. The van der Waals surface area contributed by atoms with Crippen molar-refractivity contribution in [3.8, 4) is 0 Å². The van der Waals surface area contributed by atoms with Crippen LogP contribution in [0, 0.1) is 0 Å². The molecule has 2 heterocycles. The second-order valence-electron chi connectivity index (χ2n) is 5.70. The zero-order valence-electron chi connectivity index (χ0n) is 12.1. The highest BCUT2D eigenvalue weighted by atomic mass is 32.2. The Bertz CT molecular complexity index is 456. The molecule has 0 saturated carbocycles. The minimum Gasteiger partial charge on any atom is -0.346 e. The van der Waals surface area contributed by atoms with Gasteiger partial charge in [0.25, 0.3) is 0 Å². The Labute approximate surface area is 123 Å². The first-order valence-corrected chi connectivity index (χ1v) is 8.62. The summed E-state index contributed by atoms with van der Waals surface area (Å²) in [5.74, 6) is 1.49. The van der Waals surface area contributed by atoms with Crippen LogP contribution >= 0.6 is 23.1 Å². The smallest absolute Gasteiger partial charge is 0.186 e. The zero-order valence-corrected chi connectivity index (χ0v) is 13.7. The predicted molar refractivity (Wildman–Crippen MR) is 85.0 cm³/mol. The molecule has 19 heavy (non-hydrogen) atoms. The molecule has 0 amide bonds. The van der Waals surface area contributed by atoms with Gasteiger partial charge >= 0.3 is 0 Å². The van der Waals surface area contributed by atoms with Gasteiger partial charge in [-0.3, -0.25) is 4.79 Å². The fraction of sp³-hybridized carbons (Fsp3) is 0.714. The summed E-state index contributed by atoms with van der Waals surface area (Å²) in [4.78, 5) is 19.1. The summed E-state index contributed by atoms with van der Waals surface area (Å²) in [6.07, 6.45) is 1.98. The number of carbonyl (C=O) groups excluding carboxylic acids is 1. The number of hydrogen-bond donors (Lipinski definition) is 0. The van der Waals surface area contributed by atoms with E-state index in [4.69, 9.17) is 4.98 Å². The van der Waals surface area contributed by atoms with Crippen molar-refractivity contribution < 1.29 is 4.79 Å². The molecule has 1 aromatic rings. The maximum Gasteiger partial charge on any atom is 0.186 e.